The van der Waals surface area contributed by atoms with Crippen LogP contribution in [0.2, 0.25) is 0 Å². The predicted molar refractivity (Wildman–Crippen MR) is 89.8 cm³/mol. The molecule has 0 bridgehead atoms. The first-order valence-electron chi connectivity index (χ1n) is 8.24. The van der Waals surface area contributed by atoms with Gasteiger partial charge >= 0.3 is 0 Å². The second-order valence-corrected chi connectivity index (χ2v) is 6.11. The van der Waals surface area contributed by atoms with Gasteiger partial charge in [0.25, 0.3) is 5.69 Å². The molecule has 2 aromatic carbocycles. The van der Waals surface area contributed by atoms with Gasteiger partial charge in [0.15, 0.2) is 11.5 Å². The van der Waals surface area contributed by atoms with Crippen LogP contribution in [-0.4, -0.2) is 24.7 Å². The van der Waals surface area contributed by atoms with Crippen LogP contribution >= 0.6 is 0 Å². The number of nitro groups is 1. The average Bonchev–Trinajstić information content (AvgIpc) is 3.10. The first-order valence-corrected chi connectivity index (χ1v) is 8.24. The van der Waals surface area contributed by atoms with Gasteiger partial charge in [0.1, 0.15) is 24.7 Å². The number of halogens is 1. The molecule has 4 rings (SSSR count). The van der Waals surface area contributed by atoms with Gasteiger partial charge in [-0.15, -0.1) is 0 Å². The smallest absolute Gasteiger partial charge is 0.295 e. The van der Waals surface area contributed by atoms with E-state index in [1.54, 1.807) is 0 Å². The molecule has 0 amide bonds. The molecule has 0 saturated carbocycles. The number of anilines is 1. The highest BCUT2D eigenvalue weighted by Gasteiger charge is 2.34. The summed E-state index contributed by atoms with van der Waals surface area (Å²) in [6, 6.07) is 9.38. The van der Waals surface area contributed by atoms with Crippen LogP contribution in [0.5, 0.6) is 11.5 Å². The maximum atomic E-state index is 13.5. The molecule has 2 aliphatic heterocycles. The van der Waals surface area contributed by atoms with Crippen molar-refractivity contribution < 1.29 is 18.8 Å². The molecule has 2 heterocycles. The van der Waals surface area contributed by atoms with Crippen molar-refractivity contribution in [3.05, 3.63) is 57.9 Å². The van der Waals surface area contributed by atoms with E-state index in [9.17, 15) is 14.5 Å². The van der Waals surface area contributed by atoms with Gasteiger partial charge in [-0.05, 0) is 31.0 Å². The zero-order valence-corrected chi connectivity index (χ0v) is 13.5. The van der Waals surface area contributed by atoms with Crippen LogP contribution in [-0.2, 0) is 0 Å². The molecule has 0 aromatic heterocycles. The van der Waals surface area contributed by atoms with Gasteiger partial charge in [-0.3, -0.25) is 10.1 Å². The Morgan fingerprint density at radius 3 is 2.88 bits per heavy atom. The Hall–Kier alpha value is -2.83. The Labute approximate surface area is 143 Å². The van der Waals surface area contributed by atoms with Crippen molar-refractivity contribution in [1.82, 2.24) is 0 Å². The minimum absolute atomic E-state index is 0.0687. The zero-order chi connectivity index (χ0) is 17.4. The number of hydrogen-bond donors (Lipinski definition) is 0. The highest BCUT2D eigenvalue weighted by atomic mass is 19.1. The molecule has 130 valence electrons. The fourth-order valence-electron chi connectivity index (χ4n) is 3.62. The van der Waals surface area contributed by atoms with Crippen LogP contribution in [0, 0.1) is 15.9 Å². The van der Waals surface area contributed by atoms with Gasteiger partial charge in [0, 0.05) is 12.1 Å². The highest BCUT2D eigenvalue weighted by molar-refractivity contribution is 5.66. The van der Waals surface area contributed by atoms with E-state index in [0.717, 1.165) is 24.5 Å². The molecule has 0 spiro atoms. The van der Waals surface area contributed by atoms with Gasteiger partial charge in [0.2, 0.25) is 0 Å². The Bertz CT molecular complexity index is 827. The molecule has 0 radical (unpaired) electrons. The average molecular weight is 344 g/mol. The van der Waals surface area contributed by atoms with Gasteiger partial charge in [0.05, 0.1) is 17.0 Å². The summed E-state index contributed by atoms with van der Waals surface area (Å²) in [7, 11) is 0. The van der Waals surface area contributed by atoms with E-state index < -0.39 is 10.7 Å². The molecular weight excluding hydrogens is 327 g/mol. The molecular formula is C18H17FN2O4. The number of nitro benzene ring substituents is 1. The van der Waals surface area contributed by atoms with Crippen LogP contribution in [0.25, 0.3) is 0 Å². The monoisotopic (exact) mass is 344 g/mol. The number of ether oxygens (including phenoxy) is 2. The Morgan fingerprint density at radius 1 is 1.20 bits per heavy atom. The third-order valence-corrected chi connectivity index (χ3v) is 4.65. The van der Waals surface area contributed by atoms with Gasteiger partial charge < -0.3 is 14.4 Å². The summed E-state index contributed by atoms with van der Waals surface area (Å²) in [5, 5.41) is 11.4. The van der Waals surface area contributed by atoms with Crippen LogP contribution in [0.4, 0.5) is 15.8 Å². The maximum absolute atomic E-state index is 13.5. The summed E-state index contributed by atoms with van der Waals surface area (Å²) >= 11 is 0. The molecule has 1 unspecified atom stereocenters. The maximum Gasteiger partial charge on any atom is 0.295 e. The Morgan fingerprint density at radius 2 is 2.04 bits per heavy atom. The number of nitrogens with zero attached hydrogens (tertiary/aromatic N) is 2. The fraction of sp³-hybridized carbons (Fsp3) is 0.333. The lowest BCUT2D eigenvalue weighted by atomic mass is 10.0. The first kappa shape index (κ1) is 15.7. The van der Waals surface area contributed by atoms with E-state index in [-0.39, 0.29) is 11.7 Å². The third-order valence-electron chi connectivity index (χ3n) is 4.65. The fourth-order valence-corrected chi connectivity index (χ4v) is 3.62. The van der Waals surface area contributed by atoms with Crippen molar-refractivity contribution in [2.24, 2.45) is 0 Å². The SMILES string of the molecule is O=[N+]([O-])c1cc(F)ccc1N1CCCC1c1cccc2c1OCCO2. The molecule has 2 aliphatic rings. The van der Waals surface area contributed by atoms with E-state index in [0.29, 0.717) is 36.9 Å². The second-order valence-electron chi connectivity index (χ2n) is 6.11. The van der Waals surface area contributed by atoms with E-state index in [2.05, 4.69) is 0 Å². The van der Waals surface area contributed by atoms with E-state index >= 15 is 0 Å². The van der Waals surface area contributed by atoms with Crippen molar-refractivity contribution in [2.45, 2.75) is 18.9 Å². The van der Waals surface area contributed by atoms with Crippen molar-refractivity contribution in [1.29, 1.82) is 0 Å². The summed E-state index contributed by atoms with van der Waals surface area (Å²) in [5.74, 6) is 0.791. The summed E-state index contributed by atoms with van der Waals surface area (Å²) in [4.78, 5) is 12.8. The second kappa shape index (κ2) is 6.23. The molecule has 6 nitrogen and oxygen atoms in total. The molecule has 1 atom stereocenters. The van der Waals surface area contributed by atoms with Crippen LogP contribution in [0.15, 0.2) is 36.4 Å². The minimum Gasteiger partial charge on any atom is -0.486 e. The Kier molecular flexibility index (Phi) is 3.91. The van der Waals surface area contributed by atoms with Crippen molar-refractivity contribution in [2.75, 3.05) is 24.7 Å². The van der Waals surface area contributed by atoms with Crippen LogP contribution < -0.4 is 14.4 Å². The first-order chi connectivity index (χ1) is 12.1. The van der Waals surface area contributed by atoms with E-state index in [1.165, 1.54) is 12.1 Å². The highest BCUT2D eigenvalue weighted by Crippen LogP contribution is 2.46. The third kappa shape index (κ3) is 2.75. The predicted octanol–water partition coefficient (Wildman–Crippen LogP) is 3.85. The van der Waals surface area contributed by atoms with Crippen LogP contribution in [0.3, 0.4) is 0 Å². The molecule has 2 aromatic rings. The topological polar surface area (TPSA) is 64.8 Å². The molecule has 25 heavy (non-hydrogen) atoms. The number of benzene rings is 2. The lowest BCUT2D eigenvalue weighted by Gasteiger charge is -2.30. The van der Waals surface area contributed by atoms with E-state index in [4.69, 9.17) is 9.47 Å². The molecule has 1 saturated heterocycles. The largest absolute Gasteiger partial charge is 0.486 e. The lowest BCUT2D eigenvalue weighted by molar-refractivity contribution is -0.384. The summed E-state index contributed by atoms with van der Waals surface area (Å²) < 4.78 is 24.9. The summed E-state index contributed by atoms with van der Waals surface area (Å²) in [6.07, 6.45) is 1.73. The summed E-state index contributed by atoms with van der Waals surface area (Å²) in [6.45, 7) is 1.66. The molecule has 0 N–H and O–H groups in total. The van der Waals surface area contributed by atoms with E-state index in [1.807, 2.05) is 23.1 Å². The molecule has 1 fully saturated rings. The number of para-hydroxylation sites is 1. The number of rotatable bonds is 3. The number of fused-ring (bicyclic) bond motifs is 1. The molecule has 7 heteroatoms. The van der Waals surface area contributed by atoms with Crippen molar-refractivity contribution in [3.63, 3.8) is 0 Å². The number of hydrogen-bond acceptors (Lipinski definition) is 5. The lowest BCUT2D eigenvalue weighted by Crippen LogP contribution is -2.25. The van der Waals surface area contributed by atoms with Crippen LogP contribution in [0.1, 0.15) is 24.4 Å². The van der Waals surface area contributed by atoms with Crippen molar-refractivity contribution in [3.8, 4) is 11.5 Å². The molecule has 0 aliphatic carbocycles. The van der Waals surface area contributed by atoms with Gasteiger partial charge in [-0.25, -0.2) is 4.39 Å². The summed E-state index contributed by atoms with van der Waals surface area (Å²) in [5.41, 5.74) is 1.17. The quantitative estimate of drug-likeness (QED) is 0.625. The Balaban J connectivity index is 1.77. The standard InChI is InChI=1S/C18H17FN2O4/c19-12-6-7-15(16(11-12)21(22)23)20-8-2-4-14(20)13-3-1-5-17-18(13)25-10-9-24-17/h1,3,5-7,11,14H,2,4,8-10H2. The van der Waals surface area contributed by atoms with Gasteiger partial charge in [-0.2, -0.15) is 0 Å². The van der Waals surface area contributed by atoms with Crippen molar-refractivity contribution >= 4 is 11.4 Å². The van der Waals surface area contributed by atoms with Gasteiger partial charge in [-0.1, -0.05) is 12.1 Å². The minimum atomic E-state index is -0.611. The zero-order valence-electron chi connectivity index (χ0n) is 13.5. The normalized spacial score (nSPS) is 19.1.